The molecule has 1 amide bonds. The van der Waals surface area contributed by atoms with Gasteiger partial charge in [-0.15, -0.1) is 0 Å². The van der Waals surface area contributed by atoms with Gasteiger partial charge in [0.05, 0.1) is 0 Å². The van der Waals surface area contributed by atoms with Crippen LogP contribution >= 0.6 is 0 Å². The summed E-state index contributed by atoms with van der Waals surface area (Å²) in [6.07, 6.45) is 0. The fraction of sp³-hybridized carbons (Fsp3) is 0.533. The number of piperazine rings is 1. The average Bonchev–Trinajstić information content (AvgIpc) is 2.77. The Labute approximate surface area is 114 Å². The molecule has 2 aliphatic heterocycles. The second kappa shape index (κ2) is 4.94. The fourth-order valence-corrected chi connectivity index (χ4v) is 2.89. The standard InChI is InChI=1S/C15H21N3O/c1-16-5-7-18(8-6-16)15(19)12-3-4-13-10-17(2)11-14(13)9-12/h3-4,9H,5-8,10-11H2,1-2H3. The highest BCUT2D eigenvalue weighted by atomic mass is 16.2. The van der Waals surface area contributed by atoms with Crippen molar-refractivity contribution in [2.75, 3.05) is 40.3 Å². The van der Waals surface area contributed by atoms with Gasteiger partial charge in [0.25, 0.3) is 5.91 Å². The van der Waals surface area contributed by atoms with Crippen LogP contribution in [-0.2, 0) is 13.1 Å². The van der Waals surface area contributed by atoms with Gasteiger partial charge in [-0.05, 0) is 37.4 Å². The number of likely N-dealkylation sites (N-methyl/N-ethyl adjacent to an activating group) is 1. The van der Waals surface area contributed by atoms with Gasteiger partial charge in [0, 0.05) is 44.8 Å². The summed E-state index contributed by atoms with van der Waals surface area (Å²) in [5.41, 5.74) is 3.51. The van der Waals surface area contributed by atoms with Crippen molar-refractivity contribution in [3.63, 3.8) is 0 Å². The number of benzene rings is 1. The van der Waals surface area contributed by atoms with Crippen LogP contribution in [-0.4, -0.2) is 60.9 Å². The monoisotopic (exact) mass is 259 g/mol. The molecule has 0 atom stereocenters. The predicted molar refractivity (Wildman–Crippen MR) is 75.0 cm³/mol. The van der Waals surface area contributed by atoms with Crippen LogP contribution in [0.25, 0.3) is 0 Å². The third-order valence-electron chi connectivity index (χ3n) is 4.12. The minimum absolute atomic E-state index is 0.186. The summed E-state index contributed by atoms with van der Waals surface area (Å²) in [6, 6.07) is 6.18. The summed E-state index contributed by atoms with van der Waals surface area (Å²) >= 11 is 0. The molecule has 102 valence electrons. The minimum atomic E-state index is 0.186. The first kappa shape index (κ1) is 12.6. The summed E-state index contributed by atoms with van der Waals surface area (Å²) in [7, 11) is 4.22. The van der Waals surface area contributed by atoms with Gasteiger partial charge in [-0.25, -0.2) is 0 Å². The molecule has 1 aromatic carbocycles. The molecule has 0 aromatic heterocycles. The smallest absolute Gasteiger partial charge is 0.253 e. The molecule has 4 nitrogen and oxygen atoms in total. The maximum Gasteiger partial charge on any atom is 0.253 e. The van der Waals surface area contributed by atoms with E-state index in [-0.39, 0.29) is 5.91 Å². The lowest BCUT2D eigenvalue weighted by atomic mass is 10.1. The molecule has 0 spiro atoms. The number of carbonyl (C=O) groups is 1. The van der Waals surface area contributed by atoms with Crippen LogP contribution < -0.4 is 0 Å². The quantitative estimate of drug-likeness (QED) is 0.753. The lowest BCUT2D eigenvalue weighted by molar-refractivity contribution is 0.0664. The first-order valence-electron chi connectivity index (χ1n) is 6.91. The van der Waals surface area contributed by atoms with Crippen LogP contribution in [0.15, 0.2) is 18.2 Å². The van der Waals surface area contributed by atoms with Crippen LogP contribution in [0.1, 0.15) is 21.5 Å². The molecule has 0 N–H and O–H groups in total. The molecule has 2 aliphatic rings. The molecule has 0 aliphatic carbocycles. The van der Waals surface area contributed by atoms with Crippen molar-refractivity contribution in [1.82, 2.24) is 14.7 Å². The van der Waals surface area contributed by atoms with E-state index in [0.717, 1.165) is 44.8 Å². The van der Waals surface area contributed by atoms with E-state index < -0.39 is 0 Å². The van der Waals surface area contributed by atoms with Crippen LogP contribution in [0.2, 0.25) is 0 Å². The van der Waals surface area contributed by atoms with Crippen molar-refractivity contribution < 1.29 is 4.79 Å². The second-order valence-corrected chi connectivity index (χ2v) is 5.75. The average molecular weight is 259 g/mol. The first-order valence-corrected chi connectivity index (χ1v) is 6.91. The largest absolute Gasteiger partial charge is 0.336 e. The third-order valence-corrected chi connectivity index (χ3v) is 4.12. The zero-order chi connectivity index (χ0) is 13.4. The minimum Gasteiger partial charge on any atom is -0.336 e. The zero-order valence-electron chi connectivity index (χ0n) is 11.7. The molecular weight excluding hydrogens is 238 g/mol. The fourth-order valence-electron chi connectivity index (χ4n) is 2.89. The van der Waals surface area contributed by atoms with Gasteiger partial charge in [-0.1, -0.05) is 6.07 Å². The highest BCUT2D eigenvalue weighted by molar-refractivity contribution is 5.94. The third kappa shape index (κ3) is 2.51. The lowest BCUT2D eigenvalue weighted by Gasteiger charge is -2.32. The molecule has 2 heterocycles. The van der Waals surface area contributed by atoms with Crippen molar-refractivity contribution in [3.8, 4) is 0 Å². The Morgan fingerprint density at radius 1 is 0.947 bits per heavy atom. The van der Waals surface area contributed by atoms with Gasteiger partial charge >= 0.3 is 0 Å². The van der Waals surface area contributed by atoms with E-state index in [1.165, 1.54) is 11.1 Å². The Bertz CT molecular complexity index is 492. The predicted octanol–water partition coefficient (Wildman–Crippen LogP) is 1.02. The van der Waals surface area contributed by atoms with E-state index in [1.54, 1.807) is 0 Å². The number of amides is 1. The van der Waals surface area contributed by atoms with Crippen LogP contribution in [0, 0.1) is 0 Å². The molecular formula is C15H21N3O. The molecule has 4 heteroatoms. The van der Waals surface area contributed by atoms with E-state index in [2.05, 4.69) is 36.0 Å². The number of fused-ring (bicyclic) bond motifs is 1. The van der Waals surface area contributed by atoms with Crippen molar-refractivity contribution in [2.24, 2.45) is 0 Å². The van der Waals surface area contributed by atoms with Gasteiger partial charge in [0.15, 0.2) is 0 Å². The first-order chi connectivity index (χ1) is 9.13. The summed E-state index contributed by atoms with van der Waals surface area (Å²) < 4.78 is 0. The Hall–Kier alpha value is -1.39. The molecule has 19 heavy (non-hydrogen) atoms. The molecule has 1 saturated heterocycles. The number of hydrogen-bond donors (Lipinski definition) is 0. The van der Waals surface area contributed by atoms with Gasteiger partial charge in [0.2, 0.25) is 0 Å². The lowest BCUT2D eigenvalue weighted by Crippen LogP contribution is -2.47. The van der Waals surface area contributed by atoms with E-state index in [4.69, 9.17) is 0 Å². The van der Waals surface area contributed by atoms with E-state index in [1.807, 2.05) is 11.0 Å². The molecule has 0 radical (unpaired) electrons. The summed E-state index contributed by atoms with van der Waals surface area (Å²) in [5.74, 6) is 0.186. The zero-order valence-corrected chi connectivity index (χ0v) is 11.7. The maximum atomic E-state index is 12.5. The van der Waals surface area contributed by atoms with Crippen molar-refractivity contribution in [1.29, 1.82) is 0 Å². The van der Waals surface area contributed by atoms with Crippen molar-refractivity contribution in [3.05, 3.63) is 34.9 Å². The Balaban J connectivity index is 1.76. The Morgan fingerprint density at radius 3 is 2.37 bits per heavy atom. The van der Waals surface area contributed by atoms with Crippen molar-refractivity contribution >= 4 is 5.91 Å². The van der Waals surface area contributed by atoms with E-state index in [9.17, 15) is 4.79 Å². The van der Waals surface area contributed by atoms with Crippen LogP contribution in [0.5, 0.6) is 0 Å². The highest BCUT2D eigenvalue weighted by Gasteiger charge is 2.22. The Morgan fingerprint density at radius 2 is 1.63 bits per heavy atom. The summed E-state index contributed by atoms with van der Waals surface area (Å²) in [5, 5.41) is 0. The summed E-state index contributed by atoms with van der Waals surface area (Å²) in [6.45, 7) is 5.58. The SMILES string of the molecule is CN1CCN(C(=O)c2ccc3c(c2)CN(C)C3)CC1. The van der Waals surface area contributed by atoms with E-state index >= 15 is 0 Å². The van der Waals surface area contributed by atoms with Gasteiger partial charge < -0.3 is 9.80 Å². The van der Waals surface area contributed by atoms with Gasteiger partial charge in [-0.3, -0.25) is 9.69 Å². The molecule has 0 saturated carbocycles. The maximum absolute atomic E-state index is 12.5. The highest BCUT2D eigenvalue weighted by Crippen LogP contribution is 2.23. The molecule has 3 rings (SSSR count). The molecule has 0 unspecified atom stereocenters. The van der Waals surface area contributed by atoms with Crippen molar-refractivity contribution in [2.45, 2.75) is 13.1 Å². The Kier molecular flexibility index (Phi) is 3.29. The number of rotatable bonds is 1. The van der Waals surface area contributed by atoms with Crippen LogP contribution in [0.4, 0.5) is 0 Å². The number of nitrogens with zero attached hydrogens (tertiary/aromatic N) is 3. The molecule has 1 fully saturated rings. The molecule has 0 bridgehead atoms. The normalized spacial score (nSPS) is 20.6. The van der Waals surface area contributed by atoms with Crippen LogP contribution in [0.3, 0.4) is 0 Å². The van der Waals surface area contributed by atoms with Gasteiger partial charge in [-0.2, -0.15) is 0 Å². The second-order valence-electron chi connectivity index (χ2n) is 5.75. The van der Waals surface area contributed by atoms with E-state index in [0.29, 0.717) is 0 Å². The summed E-state index contributed by atoms with van der Waals surface area (Å²) in [4.78, 5) is 19.0. The number of carbonyl (C=O) groups excluding carboxylic acids is 1. The molecule has 1 aromatic rings. The topological polar surface area (TPSA) is 26.8 Å². The number of hydrogen-bond acceptors (Lipinski definition) is 3. The van der Waals surface area contributed by atoms with Gasteiger partial charge in [0.1, 0.15) is 0 Å².